The highest BCUT2D eigenvalue weighted by molar-refractivity contribution is 5.98. The first kappa shape index (κ1) is 20.8. The van der Waals surface area contributed by atoms with Gasteiger partial charge in [-0.2, -0.15) is 0 Å². The molecule has 1 N–H and O–H groups in total. The van der Waals surface area contributed by atoms with Crippen LogP contribution < -0.4 is 0 Å². The van der Waals surface area contributed by atoms with Gasteiger partial charge in [-0.3, -0.25) is 14.5 Å². The molecule has 3 atom stereocenters. The van der Waals surface area contributed by atoms with Gasteiger partial charge in [-0.25, -0.2) is 0 Å². The number of carbonyl (C=O) groups is 2. The van der Waals surface area contributed by atoms with Crippen molar-refractivity contribution in [2.24, 2.45) is 11.3 Å². The van der Waals surface area contributed by atoms with E-state index in [1.54, 1.807) is 53.2 Å². The fourth-order valence-corrected chi connectivity index (χ4v) is 4.05. The normalized spacial score (nSPS) is 21.3. The second kappa shape index (κ2) is 7.84. The second-order valence-corrected chi connectivity index (χ2v) is 8.55. The summed E-state index contributed by atoms with van der Waals surface area (Å²) >= 11 is 0. The number of rotatable bonds is 3. The zero-order valence-corrected chi connectivity index (χ0v) is 17.4. The predicted molar refractivity (Wildman–Crippen MR) is 113 cm³/mol. The van der Waals surface area contributed by atoms with E-state index in [4.69, 9.17) is 0 Å². The largest absolute Gasteiger partial charge is 0.387 e. The van der Waals surface area contributed by atoms with Gasteiger partial charge in [0.05, 0.1) is 6.10 Å². The SMILES string of the molecule is C=C1[C@@H]([C@H](O)c2ccccc2)C(=O)N(C)[C@H](C(C)(C)C)N1C(=O)c1ccccc1. The van der Waals surface area contributed by atoms with Gasteiger partial charge in [-0.1, -0.05) is 75.9 Å². The molecule has 3 rings (SSSR count). The zero-order chi connectivity index (χ0) is 21.3. The molecule has 1 fully saturated rings. The van der Waals surface area contributed by atoms with Crippen molar-refractivity contribution in [1.82, 2.24) is 9.80 Å². The Morgan fingerprint density at radius 1 is 1.03 bits per heavy atom. The van der Waals surface area contributed by atoms with E-state index in [9.17, 15) is 14.7 Å². The minimum atomic E-state index is -1.09. The van der Waals surface area contributed by atoms with Crippen molar-refractivity contribution in [2.75, 3.05) is 7.05 Å². The highest BCUT2D eigenvalue weighted by atomic mass is 16.3. The molecular formula is C24H28N2O3. The number of benzene rings is 2. The Kier molecular flexibility index (Phi) is 5.62. The van der Waals surface area contributed by atoms with Crippen LogP contribution in [0.25, 0.3) is 0 Å². The lowest BCUT2D eigenvalue weighted by Gasteiger charge is -2.52. The van der Waals surface area contributed by atoms with Crippen LogP contribution in [0.2, 0.25) is 0 Å². The summed E-state index contributed by atoms with van der Waals surface area (Å²) in [5.74, 6) is -1.42. The number of aliphatic hydroxyl groups excluding tert-OH is 1. The van der Waals surface area contributed by atoms with Crippen molar-refractivity contribution in [3.05, 3.63) is 84.1 Å². The van der Waals surface area contributed by atoms with Crippen molar-refractivity contribution in [1.29, 1.82) is 0 Å². The Morgan fingerprint density at radius 2 is 1.55 bits per heavy atom. The van der Waals surface area contributed by atoms with E-state index in [1.807, 2.05) is 45.0 Å². The minimum Gasteiger partial charge on any atom is -0.387 e. The van der Waals surface area contributed by atoms with Crippen molar-refractivity contribution in [2.45, 2.75) is 33.0 Å². The maximum atomic E-state index is 13.5. The molecule has 5 nitrogen and oxygen atoms in total. The van der Waals surface area contributed by atoms with E-state index in [0.29, 0.717) is 16.8 Å². The maximum absolute atomic E-state index is 13.5. The van der Waals surface area contributed by atoms with Crippen LogP contribution in [0, 0.1) is 11.3 Å². The highest BCUT2D eigenvalue weighted by Crippen LogP contribution is 2.41. The second-order valence-electron chi connectivity index (χ2n) is 8.55. The van der Waals surface area contributed by atoms with Crippen LogP contribution in [0.4, 0.5) is 0 Å². The van der Waals surface area contributed by atoms with Crippen molar-refractivity contribution in [3.8, 4) is 0 Å². The predicted octanol–water partition coefficient (Wildman–Crippen LogP) is 3.84. The molecule has 2 amide bonds. The third-order valence-electron chi connectivity index (χ3n) is 5.36. The Morgan fingerprint density at radius 3 is 2.07 bits per heavy atom. The number of hydrogen-bond donors (Lipinski definition) is 1. The monoisotopic (exact) mass is 392 g/mol. The number of nitrogens with zero attached hydrogens (tertiary/aromatic N) is 2. The Labute approximate surface area is 172 Å². The fourth-order valence-electron chi connectivity index (χ4n) is 4.05. The van der Waals surface area contributed by atoms with Crippen molar-refractivity contribution >= 4 is 11.8 Å². The summed E-state index contributed by atoms with van der Waals surface area (Å²) in [5.41, 5.74) is 1.03. The van der Waals surface area contributed by atoms with Gasteiger partial charge in [0.25, 0.3) is 5.91 Å². The maximum Gasteiger partial charge on any atom is 0.259 e. The molecule has 0 saturated carbocycles. The van der Waals surface area contributed by atoms with Crippen LogP contribution in [0.15, 0.2) is 72.9 Å². The third kappa shape index (κ3) is 3.83. The molecular weight excluding hydrogens is 364 g/mol. The van der Waals surface area contributed by atoms with Crippen LogP contribution in [0.5, 0.6) is 0 Å². The van der Waals surface area contributed by atoms with Crippen LogP contribution in [0.3, 0.4) is 0 Å². The van der Waals surface area contributed by atoms with Gasteiger partial charge in [-0.15, -0.1) is 0 Å². The number of aliphatic hydroxyl groups is 1. The Bertz CT molecular complexity index is 903. The first-order valence-electron chi connectivity index (χ1n) is 9.71. The molecule has 152 valence electrons. The summed E-state index contributed by atoms with van der Waals surface area (Å²) < 4.78 is 0. The topological polar surface area (TPSA) is 60.9 Å². The summed E-state index contributed by atoms with van der Waals surface area (Å²) in [6.07, 6.45) is -1.61. The molecule has 1 heterocycles. The smallest absolute Gasteiger partial charge is 0.259 e. The Hall–Kier alpha value is -2.92. The number of amides is 2. The summed E-state index contributed by atoms with van der Waals surface area (Å²) in [4.78, 5) is 29.9. The standard InChI is InChI=1S/C24H28N2O3/c1-16-19(20(27)17-12-8-6-9-13-17)22(29)25(5)23(24(2,3)4)26(16)21(28)18-14-10-7-11-15-18/h6-15,19-20,23,27H,1H2,2-5H3/t19-,20+,23-/m0/s1. The van der Waals surface area contributed by atoms with Gasteiger partial charge >= 0.3 is 0 Å². The van der Waals surface area contributed by atoms with E-state index < -0.39 is 23.6 Å². The van der Waals surface area contributed by atoms with E-state index >= 15 is 0 Å². The summed E-state index contributed by atoms with van der Waals surface area (Å²) in [6, 6.07) is 17.9. The van der Waals surface area contributed by atoms with Gasteiger partial charge in [0.2, 0.25) is 5.91 Å². The summed E-state index contributed by atoms with van der Waals surface area (Å²) in [7, 11) is 1.68. The van der Waals surface area contributed by atoms with E-state index in [-0.39, 0.29) is 11.8 Å². The highest BCUT2D eigenvalue weighted by Gasteiger charge is 2.50. The molecule has 0 aromatic heterocycles. The number of carbonyl (C=O) groups excluding carboxylic acids is 2. The van der Waals surface area contributed by atoms with Crippen LogP contribution in [-0.2, 0) is 4.79 Å². The summed E-state index contributed by atoms with van der Waals surface area (Å²) in [5, 5.41) is 11.0. The fraction of sp³-hybridized carbons (Fsp3) is 0.333. The molecule has 0 bridgehead atoms. The van der Waals surface area contributed by atoms with Gasteiger partial charge < -0.3 is 10.0 Å². The quantitative estimate of drug-likeness (QED) is 0.863. The molecule has 2 aromatic rings. The molecule has 0 unspecified atom stereocenters. The van der Waals surface area contributed by atoms with Gasteiger partial charge in [0.1, 0.15) is 12.1 Å². The van der Waals surface area contributed by atoms with E-state index in [1.165, 1.54) is 0 Å². The molecule has 5 heteroatoms. The van der Waals surface area contributed by atoms with Gasteiger partial charge in [0, 0.05) is 23.7 Å². The third-order valence-corrected chi connectivity index (χ3v) is 5.36. The lowest BCUT2D eigenvalue weighted by atomic mass is 9.82. The first-order chi connectivity index (χ1) is 13.6. The van der Waals surface area contributed by atoms with Crippen LogP contribution in [0.1, 0.15) is 42.8 Å². The molecule has 0 aliphatic carbocycles. The summed E-state index contributed by atoms with van der Waals surface area (Å²) in [6.45, 7) is 10.1. The van der Waals surface area contributed by atoms with Crippen molar-refractivity contribution < 1.29 is 14.7 Å². The molecule has 2 aromatic carbocycles. The lowest BCUT2D eigenvalue weighted by Crippen LogP contribution is -2.64. The lowest BCUT2D eigenvalue weighted by molar-refractivity contribution is -0.152. The first-order valence-corrected chi connectivity index (χ1v) is 9.71. The molecule has 1 aliphatic heterocycles. The Balaban J connectivity index is 2.08. The molecule has 0 spiro atoms. The van der Waals surface area contributed by atoms with Crippen LogP contribution in [-0.4, -0.2) is 39.9 Å². The molecule has 1 saturated heterocycles. The average molecular weight is 392 g/mol. The molecule has 1 aliphatic rings. The van der Waals surface area contributed by atoms with E-state index in [0.717, 1.165) is 0 Å². The zero-order valence-electron chi connectivity index (χ0n) is 17.4. The average Bonchev–Trinajstić information content (AvgIpc) is 2.70. The van der Waals surface area contributed by atoms with Crippen molar-refractivity contribution in [3.63, 3.8) is 0 Å². The van der Waals surface area contributed by atoms with E-state index in [2.05, 4.69) is 6.58 Å². The molecule has 29 heavy (non-hydrogen) atoms. The van der Waals surface area contributed by atoms with Gasteiger partial charge in [0.15, 0.2) is 0 Å². The molecule has 0 radical (unpaired) electrons. The van der Waals surface area contributed by atoms with Crippen LogP contribution >= 0.6 is 0 Å². The minimum absolute atomic E-state index is 0.236. The number of hydrogen-bond acceptors (Lipinski definition) is 3. The van der Waals surface area contributed by atoms with Gasteiger partial charge in [-0.05, 0) is 17.7 Å².